The molecule has 0 aliphatic carbocycles. The molecule has 0 amide bonds. The highest BCUT2D eigenvalue weighted by Crippen LogP contribution is 2.31. The van der Waals surface area contributed by atoms with E-state index >= 15 is 0 Å². The number of imidazole rings is 1. The van der Waals surface area contributed by atoms with Crippen LogP contribution >= 0.6 is 0 Å². The summed E-state index contributed by atoms with van der Waals surface area (Å²) in [5, 5.41) is 11.2. The van der Waals surface area contributed by atoms with Gasteiger partial charge in [-0.15, -0.1) is 0 Å². The van der Waals surface area contributed by atoms with Gasteiger partial charge in [0.25, 0.3) is 0 Å². The summed E-state index contributed by atoms with van der Waals surface area (Å²) in [7, 11) is 3.49. The largest absolute Gasteiger partial charge is 0.381 e. The summed E-state index contributed by atoms with van der Waals surface area (Å²) in [6.45, 7) is 0.147. The Morgan fingerprint density at radius 2 is 1.76 bits per heavy atom. The fourth-order valence-electron chi connectivity index (χ4n) is 2.72. The molecule has 1 aromatic heterocycles. The van der Waals surface area contributed by atoms with E-state index < -0.39 is 5.60 Å². The molecule has 108 valence electrons. The molecule has 0 aliphatic heterocycles. The van der Waals surface area contributed by atoms with Crippen LogP contribution in [0, 0.1) is 0 Å². The van der Waals surface area contributed by atoms with E-state index in [1.165, 1.54) is 0 Å². The zero-order valence-electron chi connectivity index (χ0n) is 12.2. The molecular formula is C17H18N2O2. The molecule has 0 fully saturated rings. The lowest BCUT2D eigenvalue weighted by atomic mass is 9.93. The summed E-state index contributed by atoms with van der Waals surface area (Å²) in [5.74, 6) is 0.580. The fourth-order valence-corrected chi connectivity index (χ4v) is 2.72. The first-order valence-corrected chi connectivity index (χ1v) is 6.85. The second kappa shape index (κ2) is 5.31. The van der Waals surface area contributed by atoms with Crippen LogP contribution in [0.3, 0.4) is 0 Å². The number of fused-ring (bicyclic) bond motifs is 1. The average Bonchev–Trinajstić information content (AvgIpc) is 2.86. The SMILES string of the molecule is COC[C@@](O)(c1ccccc1)c1nc2ccccc2n1C. The summed E-state index contributed by atoms with van der Waals surface area (Å²) in [5.41, 5.74) is 1.34. The number of aromatic nitrogens is 2. The molecule has 1 atom stereocenters. The van der Waals surface area contributed by atoms with Crippen molar-refractivity contribution in [1.82, 2.24) is 9.55 Å². The van der Waals surface area contributed by atoms with Gasteiger partial charge in [0, 0.05) is 14.2 Å². The maximum absolute atomic E-state index is 11.2. The van der Waals surface area contributed by atoms with Crippen LogP contribution < -0.4 is 0 Å². The first-order valence-electron chi connectivity index (χ1n) is 6.85. The van der Waals surface area contributed by atoms with Crippen molar-refractivity contribution >= 4 is 11.0 Å². The second-order valence-electron chi connectivity index (χ2n) is 5.14. The van der Waals surface area contributed by atoms with E-state index in [0.29, 0.717) is 5.82 Å². The third-order valence-corrected chi connectivity index (χ3v) is 3.76. The van der Waals surface area contributed by atoms with Gasteiger partial charge < -0.3 is 14.4 Å². The predicted molar refractivity (Wildman–Crippen MR) is 82.0 cm³/mol. The normalized spacial score (nSPS) is 14.2. The minimum atomic E-state index is -1.27. The van der Waals surface area contributed by atoms with E-state index in [0.717, 1.165) is 16.6 Å². The van der Waals surface area contributed by atoms with Gasteiger partial charge in [0.05, 0.1) is 17.6 Å². The molecule has 1 heterocycles. The summed E-state index contributed by atoms with van der Waals surface area (Å²) < 4.78 is 7.18. The first-order chi connectivity index (χ1) is 10.2. The van der Waals surface area contributed by atoms with Crippen LogP contribution in [-0.2, 0) is 17.4 Å². The lowest BCUT2D eigenvalue weighted by Crippen LogP contribution is -2.35. The monoisotopic (exact) mass is 282 g/mol. The van der Waals surface area contributed by atoms with Crippen LogP contribution in [0.15, 0.2) is 54.6 Å². The van der Waals surface area contributed by atoms with Crippen LogP contribution in [0.25, 0.3) is 11.0 Å². The van der Waals surface area contributed by atoms with Crippen molar-refractivity contribution in [3.05, 3.63) is 66.0 Å². The average molecular weight is 282 g/mol. The van der Waals surface area contributed by atoms with Gasteiger partial charge in [-0.3, -0.25) is 0 Å². The maximum atomic E-state index is 11.2. The molecule has 0 saturated heterocycles. The number of nitrogens with zero attached hydrogens (tertiary/aromatic N) is 2. The van der Waals surface area contributed by atoms with Crippen molar-refractivity contribution in [2.45, 2.75) is 5.60 Å². The minimum absolute atomic E-state index is 0.147. The van der Waals surface area contributed by atoms with Crippen molar-refractivity contribution in [1.29, 1.82) is 0 Å². The number of hydrogen-bond acceptors (Lipinski definition) is 3. The zero-order chi connectivity index (χ0) is 14.9. The topological polar surface area (TPSA) is 47.3 Å². The molecule has 4 nitrogen and oxygen atoms in total. The summed E-state index contributed by atoms with van der Waals surface area (Å²) in [4.78, 5) is 4.61. The van der Waals surface area contributed by atoms with Crippen LogP contribution in [0.5, 0.6) is 0 Å². The smallest absolute Gasteiger partial charge is 0.170 e. The Balaban J connectivity index is 2.22. The molecule has 0 saturated carbocycles. The van der Waals surface area contributed by atoms with Gasteiger partial charge in [-0.05, 0) is 17.7 Å². The Kier molecular flexibility index (Phi) is 3.49. The Morgan fingerprint density at radius 3 is 2.43 bits per heavy atom. The molecule has 0 unspecified atom stereocenters. The lowest BCUT2D eigenvalue weighted by molar-refractivity contribution is -0.0112. The standard InChI is InChI=1S/C17H18N2O2/c1-19-15-11-7-6-10-14(15)18-16(19)17(20,12-21-2)13-8-4-3-5-9-13/h3-11,20H,12H2,1-2H3/t17-/m1/s1. The van der Waals surface area contributed by atoms with Crippen LogP contribution in [0.1, 0.15) is 11.4 Å². The molecule has 2 aromatic carbocycles. The fraction of sp³-hybridized carbons (Fsp3) is 0.235. The molecule has 0 radical (unpaired) electrons. The Labute approximate surface area is 123 Å². The second-order valence-corrected chi connectivity index (χ2v) is 5.14. The van der Waals surface area contributed by atoms with E-state index in [1.807, 2.05) is 66.2 Å². The highest BCUT2D eigenvalue weighted by molar-refractivity contribution is 5.76. The van der Waals surface area contributed by atoms with Crippen molar-refractivity contribution < 1.29 is 9.84 Å². The van der Waals surface area contributed by atoms with E-state index in [9.17, 15) is 5.11 Å². The van der Waals surface area contributed by atoms with Gasteiger partial charge >= 0.3 is 0 Å². The Hall–Kier alpha value is -2.17. The van der Waals surface area contributed by atoms with Crippen molar-refractivity contribution in [3.63, 3.8) is 0 Å². The Morgan fingerprint density at radius 1 is 1.10 bits per heavy atom. The zero-order valence-corrected chi connectivity index (χ0v) is 12.2. The third kappa shape index (κ3) is 2.22. The maximum Gasteiger partial charge on any atom is 0.170 e. The lowest BCUT2D eigenvalue weighted by Gasteiger charge is -2.27. The molecule has 0 spiro atoms. The molecule has 3 aromatic rings. The summed E-state index contributed by atoms with van der Waals surface area (Å²) in [6.07, 6.45) is 0. The summed E-state index contributed by atoms with van der Waals surface area (Å²) in [6, 6.07) is 17.3. The third-order valence-electron chi connectivity index (χ3n) is 3.76. The van der Waals surface area contributed by atoms with Gasteiger partial charge in [-0.2, -0.15) is 0 Å². The van der Waals surface area contributed by atoms with E-state index in [1.54, 1.807) is 7.11 Å². The number of hydrogen-bond donors (Lipinski definition) is 1. The molecule has 0 aliphatic rings. The Bertz CT molecular complexity index is 752. The quantitative estimate of drug-likeness (QED) is 0.799. The minimum Gasteiger partial charge on any atom is -0.381 e. The van der Waals surface area contributed by atoms with Crippen molar-refractivity contribution in [3.8, 4) is 0 Å². The molecule has 4 heteroatoms. The number of aliphatic hydroxyl groups is 1. The van der Waals surface area contributed by atoms with Gasteiger partial charge in [0.1, 0.15) is 5.82 Å². The number of benzene rings is 2. The molecule has 1 N–H and O–H groups in total. The number of aryl methyl sites for hydroxylation is 1. The van der Waals surface area contributed by atoms with Crippen LogP contribution in [0.4, 0.5) is 0 Å². The van der Waals surface area contributed by atoms with Gasteiger partial charge in [0.15, 0.2) is 5.60 Å². The molecule has 21 heavy (non-hydrogen) atoms. The van der Waals surface area contributed by atoms with Crippen molar-refractivity contribution in [2.75, 3.05) is 13.7 Å². The van der Waals surface area contributed by atoms with E-state index in [-0.39, 0.29) is 6.61 Å². The van der Waals surface area contributed by atoms with Gasteiger partial charge in [0.2, 0.25) is 0 Å². The molecule has 3 rings (SSSR count). The summed E-state index contributed by atoms with van der Waals surface area (Å²) >= 11 is 0. The van der Waals surface area contributed by atoms with Crippen LogP contribution in [-0.4, -0.2) is 28.4 Å². The highest BCUT2D eigenvalue weighted by atomic mass is 16.5. The molecular weight excluding hydrogens is 264 g/mol. The van der Waals surface area contributed by atoms with E-state index in [2.05, 4.69) is 4.98 Å². The number of ether oxygens (including phenoxy) is 1. The highest BCUT2D eigenvalue weighted by Gasteiger charge is 2.36. The van der Waals surface area contributed by atoms with Gasteiger partial charge in [-0.25, -0.2) is 4.98 Å². The van der Waals surface area contributed by atoms with Crippen LogP contribution in [0.2, 0.25) is 0 Å². The number of rotatable bonds is 4. The first kappa shape index (κ1) is 13.8. The number of para-hydroxylation sites is 2. The van der Waals surface area contributed by atoms with Crippen molar-refractivity contribution in [2.24, 2.45) is 7.05 Å². The van der Waals surface area contributed by atoms with E-state index in [4.69, 9.17) is 4.74 Å². The molecule has 0 bridgehead atoms. The predicted octanol–water partition coefficient (Wildman–Crippen LogP) is 2.46. The van der Waals surface area contributed by atoms with Gasteiger partial charge in [-0.1, -0.05) is 42.5 Å². The number of methoxy groups -OCH3 is 1.